The van der Waals surface area contributed by atoms with Crippen LogP contribution in [0.4, 0.5) is 0 Å². The largest absolute Gasteiger partial charge is 0.496 e. The van der Waals surface area contributed by atoms with E-state index in [4.69, 9.17) is 9.47 Å². The molecule has 0 aromatic heterocycles. The highest BCUT2D eigenvalue weighted by atomic mass is 16.5. The zero-order chi connectivity index (χ0) is 12.8. The van der Waals surface area contributed by atoms with Crippen LogP contribution in [0, 0.1) is 5.92 Å². The second kappa shape index (κ2) is 6.36. The van der Waals surface area contributed by atoms with E-state index in [2.05, 4.69) is 0 Å². The van der Waals surface area contributed by atoms with Crippen LogP contribution in [-0.4, -0.2) is 18.5 Å². The fraction of sp³-hybridized carbons (Fsp3) is 0.400. The molecule has 1 aromatic carbocycles. The van der Waals surface area contributed by atoms with Crippen molar-refractivity contribution in [2.75, 3.05) is 0 Å². The first-order valence-electron chi connectivity index (χ1n) is 6.22. The Morgan fingerprint density at radius 3 is 2.83 bits per heavy atom. The minimum atomic E-state index is -0.0691. The van der Waals surface area contributed by atoms with E-state index >= 15 is 0 Å². The monoisotopic (exact) mass is 246 g/mol. The Hall–Kier alpha value is -1.61. The van der Waals surface area contributed by atoms with Crippen molar-refractivity contribution >= 4 is 6.29 Å². The number of carbonyl (C=O) groups is 1. The molecule has 0 saturated carbocycles. The lowest BCUT2D eigenvalue weighted by molar-refractivity contribution is -0.112. The van der Waals surface area contributed by atoms with Crippen molar-refractivity contribution in [3.8, 4) is 0 Å². The number of rotatable bonds is 5. The molecule has 3 atom stereocenters. The van der Waals surface area contributed by atoms with Crippen LogP contribution in [0.5, 0.6) is 0 Å². The van der Waals surface area contributed by atoms with Gasteiger partial charge in [0, 0.05) is 12.3 Å². The summed E-state index contributed by atoms with van der Waals surface area (Å²) in [6, 6.07) is 10.0. The number of benzene rings is 1. The average molecular weight is 246 g/mol. The lowest BCUT2D eigenvalue weighted by Gasteiger charge is -2.32. The van der Waals surface area contributed by atoms with Crippen molar-refractivity contribution in [2.24, 2.45) is 5.92 Å². The van der Waals surface area contributed by atoms with Gasteiger partial charge in [-0.1, -0.05) is 30.3 Å². The van der Waals surface area contributed by atoms with E-state index in [1.54, 1.807) is 6.26 Å². The molecule has 0 spiro atoms. The smallest absolute Gasteiger partial charge is 0.122 e. The molecule has 1 heterocycles. The normalized spacial score (nSPS) is 26.6. The molecule has 3 heteroatoms. The Labute approximate surface area is 107 Å². The Kier molecular flexibility index (Phi) is 4.53. The van der Waals surface area contributed by atoms with Gasteiger partial charge in [-0.2, -0.15) is 0 Å². The van der Waals surface area contributed by atoms with Crippen molar-refractivity contribution in [3.05, 3.63) is 48.2 Å². The predicted octanol–water partition coefficient (Wildman–Crippen LogP) is 2.71. The van der Waals surface area contributed by atoms with E-state index in [0.29, 0.717) is 13.0 Å². The van der Waals surface area contributed by atoms with Gasteiger partial charge in [0.15, 0.2) is 0 Å². The first kappa shape index (κ1) is 12.8. The molecule has 0 N–H and O–H groups in total. The number of hydrogen-bond acceptors (Lipinski definition) is 3. The summed E-state index contributed by atoms with van der Waals surface area (Å²) in [6.45, 7) is 2.51. The SMILES string of the molecule is C[C@@H]1OC=C[C@@H](CC=O)[C@H]1OCc1ccccc1. The number of carbonyl (C=O) groups excluding carboxylic acids is 1. The van der Waals surface area contributed by atoms with Gasteiger partial charge in [0.05, 0.1) is 12.9 Å². The Morgan fingerprint density at radius 1 is 1.33 bits per heavy atom. The summed E-state index contributed by atoms with van der Waals surface area (Å²) < 4.78 is 11.3. The maximum atomic E-state index is 10.7. The van der Waals surface area contributed by atoms with Gasteiger partial charge < -0.3 is 14.3 Å². The summed E-state index contributed by atoms with van der Waals surface area (Å²) in [5.41, 5.74) is 1.13. The lowest BCUT2D eigenvalue weighted by Crippen LogP contribution is -2.37. The maximum Gasteiger partial charge on any atom is 0.122 e. The summed E-state index contributed by atoms with van der Waals surface area (Å²) in [6.07, 6.45) is 4.89. The van der Waals surface area contributed by atoms with Crippen LogP contribution in [0.25, 0.3) is 0 Å². The highest BCUT2D eigenvalue weighted by molar-refractivity contribution is 5.50. The molecule has 96 valence electrons. The number of hydrogen-bond donors (Lipinski definition) is 0. The molecular formula is C15H18O3. The molecule has 0 radical (unpaired) electrons. The molecule has 0 aliphatic carbocycles. The van der Waals surface area contributed by atoms with Gasteiger partial charge in [0.1, 0.15) is 18.5 Å². The average Bonchev–Trinajstić information content (AvgIpc) is 2.40. The maximum absolute atomic E-state index is 10.7. The topological polar surface area (TPSA) is 35.5 Å². The van der Waals surface area contributed by atoms with Crippen LogP contribution in [-0.2, 0) is 20.9 Å². The molecule has 1 aromatic rings. The van der Waals surface area contributed by atoms with E-state index in [1.807, 2.05) is 43.3 Å². The Bertz CT molecular complexity index is 399. The fourth-order valence-corrected chi connectivity index (χ4v) is 2.15. The summed E-state index contributed by atoms with van der Waals surface area (Å²) in [5, 5.41) is 0. The van der Waals surface area contributed by atoms with Gasteiger partial charge in [0.2, 0.25) is 0 Å². The molecule has 0 amide bonds. The van der Waals surface area contributed by atoms with Crippen LogP contribution in [0.2, 0.25) is 0 Å². The zero-order valence-corrected chi connectivity index (χ0v) is 10.5. The Morgan fingerprint density at radius 2 is 2.11 bits per heavy atom. The quantitative estimate of drug-likeness (QED) is 0.749. The first-order chi connectivity index (χ1) is 8.81. The molecule has 1 aliphatic rings. The lowest BCUT2D eigenvalue weighted by atomic mass is 9.94. The second-order valence-electron chi connectivity index (χ2n) is 4.50. The van der Waals surface area contributed by atoms with E-state index in [0.717, 1.165) is 11.8 Å². The minimum Gasteiger partial charge on any atom is -0.496 e. The van der Waals surface area contributed by atoms with Crippen LogP contribution in [0.1, 0.15) is 18.9 Å². The van der Waals surface area contributed by atoms with Crippen molar-refractivity contribution in [3.63, 3.8) is 0 Å². The van der Waals surface area contributed by atoms with Gasteiger partial charge in [-0.3, -0.25) is 0 Å². The van der Waals surface area contributed by atoms with Gasteiger partial charge in [-0.05, 0) is 18.6 Å². The summed E-state index contributed by atoms with van der Waals surface area (Å²) in [4.78, 5) is 10.7. The van der Waals surface area contributed by atoms with E-state index in [9.17, 15) is 4.79 Å². The van der Waals surface area contributed by atoms with E-state index < -0.39 is 0 Å². The second-order valence-corrected chi connectivity index (χ2v) is 4.50. The van der Waals surface area contributed by atoms with Crippen LogP contribution in [0.3, 0.4) is 0 Å². The molecule has 0 saturated heterocycles. The molecule has 0 fully saturated rings. The number of ether oxygens (including phenoxy) is 2. The van der Waals surface area contributed by atoms with Crippen LogP contribution < -0.4 is 0 Å². The highest BCUT2D eigenvalue weighted by Gasteiger charge is 2.29. The number of aldehydes is 1. The third-order valence-corrected chi connectivity index (χ3v) is 3.16. The molecular weight excluding hydrogens is 228 g/mol. The molecule has 18 heavy (non-hydrogen) atoms. The predicted molar refractivity (Wildman–Crippen MR) is 68.9 cm³/mol. The summed E-state index contributed by atoms with van der Waals surface area (Å²) in [7, 11) is 0. The first-order valence-corrected chi connectivity index (χ1v) is 6.22. The van der Waals surface area contributed by atoms with Crippen molar-refractivity contribution < 1.29 is 14.3 Å². The van der Waals surface area contributed by atoms with E-state index in [-0.39, 0.29) is 18.1 Å². The molecule has 1 aliphatic heterocycles. The van der Waals surface area contributed by atoms with Gasteiger partial charge in [0.25, 0.3) is 0 Å². The van der Waals surface area contributed by atoms with Crippen molar-refractivity contribution in [2.45, 2.75) is 32.2 Å². The van der Waals surface area contributed by atoms with Gasteiger partial charge >= 0.3 is 0 Å². The minimum absolute atomic E-state index is 0.0244. The van der Waals surface area contributed by atoms with Crippen LogP contribution in [0.15, 0.2) is 42.7 Å². The fourth-order valence-electron chi connectivity index (χ4n) is 2.15. The molecule has 2 rings (SSSR count). The third kappa shape index (κ3) is 3.20. The van der Waals surface area contributed by atoms with Crippen LogP contribution >= 0.6 is 0 Å². The van der Waals surface area contributed by atoms with Gasteiger partial charge in [-0.25, -0.2) is 0 Å². The summed E-state index contributed by atoms with van der Waals surface area (Å²) >= 11 is 0. The van der Waals surface area contributed by atoms with Crippen molar-refractivity contribution in [1.29, 1.82) is 0 Å². The third-order valence-electron chi connectivity index (χ3n) is 3.16. The molecule has 0 bridgehead atoms. The summed E-state index contributed by atoms with van der Waals surface area (Å²) in [5.74, 6) is 0.106. The van der Waals surface area contributed by atoms with Crippen molar-refractivity contribution in [1.82, 2.24) is 0 Å². The molecule has 3 nitrogen and oxygen atoms in total. The van der Waals surface area contributed by atoms with E-state index in [1.165, 1.54) is 0 Å². The zero-order valence-electron chi connectivity index (χ0n) is 10.5. The standard InChI is InChI=1S/C15H18O3/c1-12-15(14(7-9-16)8-10-17-12)18-11-13-5-3-2-4-6-13/h2-6,8-10,12,14-15H,7,11H2,1H3/t12-,14+,15-/m0/s1. The van der Waals surface area contributed by atoms with Gasteiger partial charge in [-0.15, -0.1) is 0 Å². The molecule has 0 unspecified atom stereocenters. The Balaban J connectivity index is 1.97. The highest BCUT2D eigenvalue weighted by Crippen LogP contribution is 2.24.